The molecule has 2 aliphatic rings. The van der Waals surface area contributed by atoms with Gasteiger partial charge in [0.05, 0.1) is 19.8 Å². The van der Waals surface area contributed by atoms with Gasteiger partial charge in [-0.15, -0.1) is 10.2 Å². The average Bonchev–Trinajstić information content (AvgIpc) is 3.22. The minimum atomic E-state index is 0.188. The second-order valence-corrected chi connectivity index (χ2v) is 8.30. The fourth-order valence-corrected chi connectivity index (χ4v) is 4.74. The second-order valence-electron chi connectivity index (χ2n) is 8.30. The first-order chi connectivity index (χ1) is 14.8. The summed E-state index contributed by atoms with van der Waals surface area (Å²) in [6.07, 6.45) is 9.24. The summed E-state index contributed by atoms with van der Waals surface area (Å²) in [7, 11) is 0. The molecule has 0 bridgehead atoms. The maximum Gasteiger partial charge on any atom is 0.191 e. The van der Waals surface area contributed by atoms with Gasteiger partial charge < -0.3 is 15.4 Å². The third-order valence-corrected chi connectivity index (χ3v) is 6.37. The summed E-state index contributed by atoms with van der Waals surface area (Å²) in [5, 5.41) is 15.5. The quantitative estimate of drug-likeness (QED) is 0.533. The monoisotopic (exact) mass is 413 g/mol. The van der Waals surface area contributed by atoms with Gasteiger partial charge in [0.15, 0.2) is 11.6 Å². The Morgan fingerprint density at radius 1 is 1.13 bits per heavy atom. The molecule has 2 N–H and O–H groups in total. The molecule has 2 fully saturated rings. The van der Waals surface area contributed by atoms with Crippen molar-refractivity contribution in [3.63, 3.8) is 0 Å². The van der Waals surface area contributed by atoms with Crippen molar-refractivity contribution in [3.05, 3.63) is 30.2 Å². The fourth-order valence-electron chi connectivity index (χ4n) is 4.74. The van der Waals surface area contributed by atoms with Crippen LogP contribution in [0.5, 0.6) is 0 Å². The molecule has 164 valence electrons. The van der Waals surface area contributed by atoms with E-state index in [0.29, 0.717) is 0 Å². The number of rotatable bonds is 7. The summed E-state index contributed by atoms with van der Waals surface area (Å²) in [4.78, 5) is 7.68. The normalized spacial score (nSPS) is 20.4. The van der Waals surface area contributed by atoms with Crippen molar-refractivity contribution < 1.29 is 4.74 Å². The van der Waals surface area contributed by atoms with E-state index < -0.39 is 0 Å². The van der Waals surface area contributed by atoms with Crippen LogP contribution in [0.3, 0.4) is 0 Å². The predicted octanol–water partition coefficient (Wildman–Crippen LogP) is 1.86. The number of fused-ring (bicyclic) bond motifs is 1. The molecule has 8 heteroatoms. The first kappa shape index (κ1) is 21.1. The van der Waals surface area contributed by atoms with Gasteiger partial charge in [-0.2, -0.15) is 0 Å². The van der Waals surface area contributed by atoms with Gasteiger partial charge in [-0.05, 0) is 31.9 Å². The Morgan fingerprint density at radius 3 is 2.77 bits per heavy atom. The number of hydrogen-bond acceptors (Lipinski definition) is 5. The highest BCUT2D eigenvalue weighted by Crippen LogP contribution is 2.34. The lowest BCUT2D eigenvalue weighted by atomic mass is 9.80. The van der Waals surface area contributed by atoms with E-state index in [4.69, 9.17) is 9.73 Å². The fraction of sp³-hybridized carbons (Fsp3) is 0.682. The first-order valence-corrected chi connectivity index (χ1v) is 11.4. The Balaban J connectivity index is 1.39. The van der Waals surface area contributed by atoms with Crippen LogP contribution < -0.4 is 10.6 Å². The second kappa shape index (κ2) is 10.2. The largest absolute Gasteiger partial charge is 0.379 e. The number of morpholine rings is 1. The molecule has 4 rings (SSSR count). The molecule has 0 amide bonds. The van der Waals surface area contributed by atoms with Crippen molar-refractivity contribution >= 4 is 11.6 Å². The van der Waals surface area contributed by atoms with E-state index in [1.165, 1.54) is 32.1 Å². The van der Waals surface area contributed by atoms with Crippen LogP contribution >= 0.6 is 0 Å². The van der Waals surface area contributed by atoms with Crippen LogP contribution in [-0.4, -0.2) is 76.9 Å². The zero-order valence-corrected chi connectivity index (χ0v) is 18.1. The van der Waals surface area contributed by atoms with Crippen LogP contribution in [0.25, 0.3) is 5.65 Å². The smallest absolute Gasteiger partial charge is 0.191 e. The third kappa shape index (κ3) is 4.92. The van der Waals surface area contributed by atoms with Gasteiger partial charge in [0, 0.05) is 44.3 Å². The number of nitrogens with zero attached hydrogens (tertiary/aromatic N) is 5. The maximum atomic E-state index is 5.60. The van der Waals surface area contributed by atoms with Crippen LogP contribution in [-0.2, 0) is 11.2 Å². The standard InChI is InChI=1S/C22H35N7O/c1-2-23-21(24-12-9-20-27-26-19-8-4-7-13-29(19)20)25-18-22(10-5-3-6-11-22)28-14-16-30-17-15-28/h4,7-8,13H,2-3,5-6,9-12,14-18H2,1H3,(H2,23,24,25). The highest BCUT2D eigenvalue weighted by atomic mass is 16.5. The van der Waals surface area contributed by atoms with Crippen LogP contribution in [0.2, 0.25) is 0 Å². The summed E-state index contributed by atoms with van der Waals surface area (Å²) in [6.45, 7) is 8.32. The van der Waals surface area contributed by atoms with Gasteiger partial charge in [0.2, 0.25) is 0 Å². The molecule has 1 saturated carbocycles. The van der Waals surface area contributed by atoms with Gasteiger partial charge in [-0.25, -0.2) is 0 Å². The molecule has 1 saturated heterocycles. The molecule has 1 aliphatic heterocycles. The third-order valence-electron chi connectivity index (χ3n) is 6.37. The minimum absolute atomic E-state index is 0.188. The Labute approximate surface area is 179 Å². The zero-order valence-electron chi connectivity index (χ0n) is 18.1. The molecule has 3 heterocycles. The van der Waals surface area contributed by atoms with Crippen molar-refractivity contribution in [2.45, 2.75) is 51.0 Å². The SMILES string of the molecule is CCNC(=NCC1(N2CCOCC2)CCCCC1)NCCc1nnc2ccccn12. The Bertz CT molecular complexity index is 822. The molecule has 30 heavy (non-hydrogen) atoms. The molecule has 1 aliphatic carbocycles. The molecular formula is C22H35N7O. The van der Waals surface area contributed by atoms with Crippen LogP contribution in [0.1, 0.15) is 44.9 Å². The van der Waals surface area contributed by atoms with Crippen molar-refractivity contribution in [1.29, 1.82) is 0 Å². The van der Waals surface area contributed by atoms with Gasteiger partial charge >= 0.3 is 0 Å². The summed E-state index contributed by atoms with van der Waals surface area (Å²) in [5.41, 5.74) is 1.07. The molecule has 8 nitrogen and oxygen atoms in total. The van der Waals surface area contributed by atoms with E-state index in [9.17, 15) is 0 Å². The van der Waals surface area contributed by atoms with Gasteiger partial charge in [0.25, 0.3) is 0 Å². The lowest BCUT2D eigenvalue weighted by Crippen LogP contribution is -2.56. The summed E-state index contributed by atoms with van der Waals surface area (Å²) in [5.74, 6) is 1.86. The molecule has 0 atom stereocenters. The van der Waals surface area contributed by atoms with Crippen molar-refractivity contribution in [2.75, 3.05) is 45.9 Å². The Hall–Kier alpha value is -2.19. The highest BCUT2D eigenvalue weighted by Gasteiger charge is 2.38. The topological polar surface area (TPSA) is 79.1 Å². The van der Waals surface area contributed by atoms with E-state index in [2.05, 4.69) is 32.7 Å². The number of pyridine rings is 1. The minimum Gasteiger partial charge on any atom is -0.379 e. The Kier molecular flexibility index (Phi) is 7.17. The van der Waals surface area contributed by atoms with Crippen molar-refractivity contribution in [1.82, 2.24) is 30.1 Å². The average molecular weight is 414 g/mol. The van der Waals surface area contributed by atoms with Gasteiger partial charge in [-0.3, -0.25) is 14.3 Å². The van der Waals surface area contributed by atoms with E-state index in [-0.39, 0.29) is 5.54 Å². The zero-order chi connectivity index (χ0) is 20.7. The number of hydrogen-bond donors (Lipinski definition) is 2. The van der Waals surface area contributed by atoms with Crippen LogP contribution in [0.15, 0.2) is 29.4 Å². The van der Waals surface area contributed by atoms with Gasteiger partial charge in [0.1, 0.15) is 5.82 Å². The van der Waals surface area contributed by atoms with E-state index in [0.717, 1.165) is 69.8 Å². The summed E-state index contributed by atoms with van der Waals surface area (Å²) in [6, 6.07) is 5.97. The molecule has 0 spiro atoms. The number of guanidine groups is 1. The molecule has 2 aromatic rings. The summed E-state index contributed by atoms with van der Waals surface area (Å²) >= 11 is 0. The van der Waals surface area contributed by atoms with E-state index in [1.807, 2.05) is 28.8 Å². The van der Waals surface area contributed by atoms with E-state index >= 15 is 0 Å². The molecular weight excluding hydrogens is 378 g/mol. The maximum absolute atomic E-state index is 5.60. The van der Waals surface area contributed by atoms with E-state index in [1.54, 1.807) is 0 Å². The highest BCUT2D eigenvalue weighted by molar-refractivity contribution is 5.79. The number of aliphatic imine (C=N–C) groups is 1. The van der Waals surface area contributed by atoms with Crippen LogP contribution in [0.4, 0.5) is 0 Å². The molecule has 2 aromatic heterocycles. The predicted molar refractivity (Wildman–Crippen MR) is 119 cm³/mol. The molecule has 0 aromatic carbocycles. The number of nitrogens with one attached hydrogen (secondary N) is 2. The van der Waals surface area contributed by atoms with Crippen molar-refractivity contribution in [3.8, 4) is 0 Å². The molecule has 0 radical (unpaired) electrons. The van der Waals surface area contributed by atoms with Crippen molar-refractivity contribution in [2.24, 2.45) is 4.99 Å². The Morgan fingerprint density at radius 2 is 1.97 bits per heavy atom. The molecule has 0 unspecified atom stereocenters. The summed E-state index contributed by atoms with van der Waals surface area (Å²) < 4.78 is 7.65. The van der Waals surface area contributed by atoms with Gasteiger partial charge in [-0.1, -0.05) is 25.3 Å². The lowest BCUT2D eigenvalue weighted by molar-refractivity contribution is -0.0333. The van der Waals surface area contributed by atoms with Crippen LogP contribution in [0, 0.1) is 0 Å². The lowest BCUT2D eigenvalue weighted by Gasteiger charge is -2.47. The first-order valence-electron chi connectivity index (χ1n) is 11.4. The number of ether oxygens (including phenoxy) is 1. The number of aromatic nitrogens is 3.